The number of primary amides is 1. The number of aryl methyl sites for hydroxylation is 1. The van der Waals surface area contributed by atoms with Crippen molar-refractivity contribution in [2.75, 3.05) is 13.1 Å². The summed E-state index contributed by atoms with van der Waals surface area (Å²) < 4.78 is 0. The fourth-order valence-electron chi connectivity index (χ4n) is 3.07. The van der Waals surface area contributed by atoms with E-state index in [0.717, 1.165) is 23.1 Å². The van der Waals surface area contributed by atoms with E-state index in [1.54, 1.807) is 4.90 Å². The van der Waals surface area contributed by atoms with Crippen LogP contribution in [0.15, 0.2) is 54.6 Å². The van der Waals surface area contributed by atoms with Gasteiger partial charge in [0, 0.05) is 13.1 Å². The first-order valence-electron chi connectivity index (χ1n) is 9.14. The molecule has 1 atom stereocenters. The fraction of sp³-hybridized carbons (Fsp3) is 0.333. The van der Waals surface area contributed by atoms with Crippen LogP contribution in [0.4, 0.5) is 4.79 Å². The van der Waals surface area contributed by atoms with Crippen molar-refractivity contribution in [1.82, 2.24) is 10.2 Å². The van der Waals surface area contributed by atoms with Gasteiger partial charge in [-0.15, -0.1) is 0 Å². The van der Waals surface area contributed by atoms with Crippen LogP contribution in [0.25, 0.3) is 0 Å². The summed E-state index contributed by atoms with van der Waals surface area (Å²) in [4.78, 5) is 26.3. The van der Waals surface area contributed by atoms with Crippen LogP contribution in [-0.2, 0) is 11.3 Å². The molecule has 144 valence electrons. The molecule has 0 aliphatic heterocycles. The minimum Gasteiger partial charge on any atom is -0.352 e. The second kappa shape index (κ2) is 10.3. The molecule has 6 nitrogen and oxygen atoms in total. The van der Waals surface area contributed by atoms with Gasteiger partial charge in [0.25, 0.3) is 0 Å². The molecule has 2 aromatic rings. The van der Waals surface area contributed by atoms with Gasteiger partial charge in [-0.1, -0.05) is 54.6 Å². The monoisotopic (exact) mass is 368 g/mol. The van der Waals surface area contributed by atoms with Crippen molar-refractivity contribution in [3.05, 3.63) is 71.3 Å². The molecule has 0 fully saturated rings. The van der Waals surface area contributed by atoms with Crippen LogP contribution in [0.2, 0.25) is 0 Å². The Hall–Kier alpha value is -2.86. The van der Waals surface area contributed by atoms with E-state index < -0.39 is 12.1 Å². The minimum absolute atomic E-state index is 0.0469. The van der Waals surface area contributed by atoms with Crippen molar-refractivity contribution in [3.8, 4) is 0 Å². The molecule has 6 heteroatoms. The quantitative estimate of drug-likeness (QED) is 0.634. The SMILES string of the molecule is Cc1ccccc1C(CC(=O)N(CCCN)Cc1ccccc1)NC(N)=O. The molecule has 0 aromatic heterocycles. The predicted octanol–water partition coefficient (Wildman–Crippen LogP) is 2.47. The zero-order chi connectivity index (χ0) is 19.6. The fourth-order valence-corrected chi connectivity index (χ4v) is 3.07. The lowest BCUT2D eigenvalue weighted by atomic mass is 9.98. The van der Waals surface area contributed by atoms with Gasteiger partial charge in [0.2, 0.25) is 5.91 Å². The molecule has 0 saturated carbocycles. The summed E-state index contributed by atoms with van der Waals surface area (Å²) >= 11 is 0. The van der Waals surface area contributed by atoms with Gasteiger partial charge in [0.15, 0.2) is 0 Å². The lowest BCUT2D eigenvalue weighted by Crippen LogP contribution is -2.39. The van der Waals surface area contributed by atoms with Crippen LogP contribution in [0.5, 0.6) is 0 Å². The molecule has 1 unspecified atom stereocenters. The second-order valence-electron chi connectivity index (χ2n) is 6.57. The van der Waals surface area contributed by atoms with E-state index in [2.05, 4.69) is 5.32 Å². The largest absolute Gasteiger partial charge is 0.352 e. The van der Waals surface area contributed by atoms with E-state index in [1.165, 1.54) is 0 Å². The number of nitrogens with two attached hydrogens (primary N) is 2. The zero-order valence-corrected chi connectivity index (χ0v) is 15.7. The Morgan fingerprint density at radius 2 is 1.74 bits per heavy atom. The van der Waals surface area contributed by atoms with Crippen LogP contribution in [-0.4, -0.2) is 29.9 Å². The second-order valence-corrected chi connectivity index (χ2v) is 6.57. The van der Waals surface area contributed by atoms with Gasteiger partial charge in [-0.3, -0.25) is 4.79 Å². The molecule has 3 amide bonds. The number of hydrogen-bond acceptors (Lipinski definition) is 3. The van der Waals surface area contributed by atoms with E-state index in [9.17, 15) is 9.59 Å². The highest BCUT2D eigenvalue weighted by molar-refractivity contribution is 5.79. The average Bonchev–Trinajstić information content (AvgIpc) is 2.65. The van der Waals surface area contributed by atoms with Crippen LogP contribution >= 0.6 is 0 Å². The number of rotatable bonds is 9. The smallest absolute Gasteiger partial charge is 0.312 e. The maximum Gasteiger partial charge on any atom is 0.312 e. The van der Waals surface area contributed by atoms with Crippen LogP contribution in [0.3, 0.4) is 0 Å². The lowest BCUT2D eigenvalue weighted by Gasteiger charge is -2.26. The Kier molecular flexibility index (Phi) is 7.82. The summed E-state index contributed by atoms with van der Waals surface area (Å²) in [5.41, 5.74) is 13.9. The molecular weight excluding hydrogens is 340 g/mol. The summed E-state index contributed by atoms with van der Waals surface area (Å²) in [6, 6.07) is 16.4. The summed E-state index contributed by atoms with van der Waals surface area (Å²) in [7, 11) is 0. The van der Waals surface area contributed by atoms with Gasteiger partial charge in [-0.2, -0.15) is 0 Å². The summed E-state index contributed by atoms with van der Waals surface area (Å²) in [6.07, 6.45) is 0.863. The van der Waals surface area contributed by atoms with Crippen molar-refractivity contribution in [1.29, 1.82) is 0 Å². The molecule has 0 aliphatic rings. The Morgan fingerprint density at radius 1 is 1.07 bits per heavy atom. The third kappa shape index (κ3) is 6.42. The topological polar surface area (TPSA) is 101 Å². The Labute approximate surface area is 160 Å². The predicted molar refractivity (Wildman–Crippen MR) is 107 cm³/mol. The summed E-state index contributed by atoms with van der Waals surface area (Å²) in [6.45, 7) is 3.54. The van der Waals surface area contributed by atoms with Gasteiger partial charge in [-0.25, -0.2) is 4.79 Å². The minimum atomic E-state index is -0.646. The van der Waals surface area contributed by atoms with E-state index in [1.807, 2.05) is 61.5 Å². The maximum atomic E-state index is 13.0. The molecule has 0 spiro atoms. The normalized spacial score (nSPS) is 11.6. The third-order valence-corrected chi connectivity index (χ3v) is 4.46. The number of hydrogen-bond donors (Lipinski definition) is 3. The molecule has 0 radical (unpaired) electrons. The van der Waals surface area contributed by atoms with Crippen LogP contribution < -0.4 is 16.8 Å². The van der Waals surface area contributed by atoms with Crippen LogP contribution in [0.1, 0.15) is 35.6 Å². The highest BCUT2D eigenvalue weighted by Gasteiger charge is 2.22. The number of carbonyl (C=O) groups excluding carboxylic acids is 2. The van der Waals surface area contributed by atoms with Crippen molar-refractivity contribution in [2.24, 2.45) is 11.5 Å². The van der Waals surface area contributed by atoms with Crippen molar-refractivity contribution < 1.29 is 9.59 Å². The summed E-state index contributed by atoms with van der Waals surface area (Å²) in [5.74, 6) is -0.0469. The molecule has 27 heavy (non-hydrogen) atoms. The Balaban J connectivity index is 2.18. The number of nitrogens with one attached hydrogen (secondary N) is 1. The standard InChI is InChI=1S/C21H28N4O2/c1-16-8-5-6-11-18(16)19(24-21(23)27)14-20(26)25(13-7-12-22)15-17-9-3-2-4-10-17/h2-6,8-11,19H,7,12-15,22H2,1H3,(H3,23,24,27). The van der Waals surface area contributed by atoms with Gasteiger partial charge in [0.05, 0.1) is 12.5 Å². The third-order valence-electron chi connectivity index (χ3n) is 4.46. The Bertz CT molecular complexity index is 749. The number of benzene rings is 2. The first kappa shape index (κ1) is 20.5. The van der Waals surface area contributed by atoms with E-state index in [4.69, 9.17) is 11.5 Å². The van der Waals surface area contributed by atoms with Gasteiger partial charge >= 0.3 is 6.03 Å². The lowest BCUT2D eigenvalue weighted by molar-refractivity contribution is -0.132. The zero-order valence-electron chi connectivity index (χ0n) is 15.7. The number of urea groups is 1. The van der Waals surface area contributed by atoms with E-state index >= 15 is 0 Å². The first-order chi connectivity index (χ1) is 13.0. The average molecular weight is 368 g/mol. The molecule has 0 heterocycles. The molecule has 2 rings (SSSR count). The molecule has 5 N–H and O–H groups in total. The van der Waals surface area contributed by atoms with Crippen molar-refractivity contribution in [3.63, 3.8) is 0 Å². The van der Waals surface area contributed by atoms with Crippen LogP contribution in [0, 0.1) is 6.92 Å². The van der Waals surface area contributed by atoms with Crippen molar-refractivity contribution >= 4 is 11.9 Å². The Morgan fingerprint density at radius 3 is 2.37 bits per heavy atom. The van der Waals surface area contributed by atoms with Gasteiger partial charge in [0.1, 0.15) is 0 Å². The maximum absolute atomic E-state index is 13.0. The van der Waals surface area contributed by atoms with E-state index in [0.29, 0.717) is 19.6 Å². The van der Waals surface area contributed by atoms with Crippen molar-refractivity contribution in [2.45, 2.75) is 32.4 Å². The number of carbonyl (C=O) groups is 2. The molecule has 0 bridgehead atoms. The van der Waals surface area contributed by atoms with E-state index in [-0.39, 0.29) is 12.3 Å². The van der Waals surface area contributed by atoms with Gasteiger partial charge in [-0.05, 0) is 36.6 Å². The molecule has 0 aliphatic carbocycles. The highest BCUT2D eigenvalue weighted by Crippen LogP contribution is 2.22. The summed E-state index contributed by atoms with van der Waals surface area (Å²) in [5, 5.41) is 2.71. The first-order valence-corrected chi connectivity index (χ1v) is 9.14. The molecule has 2 aromatic carbocycles. The highest BCUT2D eigenvalue weighted by atomic mass is 16.2. The molecular formula is C21H28N4O2. The number of amides is 3. The number of nitrogens with zero attached hydrogens (tertiary/aromatic N) is 1. The molecule has 0 saturated heterocycles. The van der Waals surface area contributed by atoms with Gasteiger partial charge < -0.3 is 21.7 Å².